The minimum absolute atomic E-state index is 0.0576. The van der Waals surface area contributed by atoms with Crippen LogP contribution in [-0.4, -0.2) is 50.7 Å². The molecule has 1 aromatic heterocycles. The maximum Gasteiger partial charge on any atom is 0.279 e. The van der Waals surface area contributed by atoms with Gasteiger partial charge in [-0.05, 0) is 37.1 Å². The third-order valence-electron chi connectivity index (χ3n) is 6.14. The van der Waals surface area contributed by atoms with Gasteiger partial charge in [0.2, 0.25) is 0 Å². The van der Waals surface area contributed by atoms with E-state index in [-0.39, 0.29) is 5.91 Å². The zero-order valence-electron chi connectivity index (χ0n) is 18.6. The number of methoxy groups -OCH3 is 1. The van der Waals surface area contributed by atoms with Crippen LogP contribution in [0, 0.1) is 6.92 Å². The quantitative estimate of drug-likeness (QED) is 0.645. The Morgan fingerprint density at radius 2 is 1.84 bits per heavy atom. The van der Waals surface area contributed by atoms with Gasteiger partial charge in [-0.3, -0.25) is 9.78 Å². The van der Waals surface area contributed by atoms with E-state index in [1.165, 1.54) is 4.90 Å². The molecule has 0 radical (unpaired) electrons. The van der Waals surface area contributed by atoms with Gasteiger partial charge in [-0.15, -0.1) is 0 Å². The number of quaternary nitrogens is 1. The number of para-hydroxylation sites is 3. The monoisotopic (exact) mass is 419 g/mol. The number of fused-ring (bicyclic) bond motifs is 1. The molecule has 6 heteroatoms. The van der Waals surface area contributed by atoms with Crippen LogP contribution in [0.1, 0.15) is 18.2 Å². The molecule has 31 heavy (non-hydrogen) atoms. The highest BCUT2D eigenvalue weighted by Crippen LogP contribution is 2.29. The van der Waals surface area contributed by atoms with E-state index in [1.807, 2.05) is 49.4 Å². The summed E-state index contributed by atoms with van der Waals surface area (Å²) in [5.74, 6) is 0.956. The number of aryl methyl sites for hydroxylation is 1. The summed E-state index contributed by atoms with van der Waals surface area (Å²) in [5, 5.41) is 4.20. The molecule has 4 rings (SSSR count). The van der Waals surface area contributed by atoms with Gasteiger partial charge in [-0.25, -0.2) is 0 Å². The molecule has 1 aliphatic rings. The van der Waals surface area contributed by atoms with Gasteiger partial charge in [0.15, 0.2) is 6.54 Å². The van der Waals surface area contributed by atoms with Gasteiger partial charge in [0.25, 0.3) is 5.91 Å². The number of aromatic nitrogens is 1. The Morgan fingerprint density at radius 3 is 2.58 bits per heavy atom. The molecule has 0 spiro atoms. The minimum atomic E-state index is 0.0576. The van der Waals surface area contributed by atoms with Crippen LogP contribution in [0.5, 0.6) is 5.75 Å². The smallest absolute Gasteiger partial charge is 0.279 e. The number of piperazine rings is 1. The van der Waals surface area contributed by atoms with E-state index in [0.29, 0.717) is 6.54 Å². The molecule has 2 N–H and O–H groups in total. The fourth-order valence-corrected chi connectivity index (χ4v) is 4.41. The standard InChI is InChI=1S/C25H30N4O2/c1-4-20-18(2)25(19-9-5-6-10-21(19)26-20)27-24(30)17-28-13-15-29(16-14-28)22-11-7-8-12-23(22)31-3/h5-12H,4,13-17H2,1-3H3,(H,26,27,30)/p+1. The molecule has 0 saturated carbocycles. The third-order valence-corrected chi connectivity index (χ3v) is 6.14. The minimum Gasteiger partial charge on any atom is -0.495 e. The van der Waals surface area contributed by atoms with Gasteiger partial charge < -0.3 is 19.9 Å². The number of nitrogens with one attached hydrogen (secondary N) is 2. The summed E-state index contributed by atoms with van der Waals surface area (Å²) >= 11 is 0. The maximum atomic E-state index is 12.9. The Labute approximate surface area is 183 Å². The number of pyridine rings is 1. The van der Waals surface area contributed by atoms with Crippen molar-refractivity contribution in [1.82, 2.24) is 4.98 Å². The predicted molar refractivity (Wildman–Crippen MR) is 125 cm³/mol. The molecule has 1 saturated heterocycles. The Balaban J connectivity index is 1.42. The number of hydrogen-bond donors (Lipinski definition) is 2. The first kappa shape index (κ1) is 21.1. The summed E-state index contributed by atoms with van der Waals surface area (Å²) in [6.45, 7) is 8.26. The van der Waals surface area contributed by atoms with E-state index in [1.54, 1.807) is 7.11 Å². The van der Waals surface area contributed by atoms with Gasteiger partial charge in [-0.2, -0.15) is 0 Å². The van der Waals surface area contributed by atoms with Crippen molar-refractivity contribution in [3.8, 4) is 5.75 Å². The second kappa shape index (κ2) is 9.35. The number of nitrogens with zero attached hydrogens (tertiary/aromatic N) is 2. The van der Waals surface area contributed by atoms with Crippen LogP contribution in [-0.2, 0) is 11.2 Å². The van der Waals surface area contributed by atoms with Crippen LogP contribution < -0.4 is 19.9 Å². The van der Waals surface area contributed by atoms with Crippen molar-refractivity contribution in [2.45, 2.75) is 20.3 Å². The number of benzene rings is 2. The van der Waals surface area contributed by atoms with Crippen LogP contribution in [0.25, 0.3) is 10.9 Å². The summed E-state index contributed by atoms with van der Waals surface area (Å²) < 4.78 is 5.50. The van der Waals surface area contributed by atoms with Gasteiger partial charge in [0.1, 0.15) is 5.75 Å². The molecule has 2 heterocycles. The number of hydrogen-bond acceptors (Lipinski definition) is 4. The molecule has 0 unspecified atom stereocenters. The summed E-state index contributed by atoms with van der Waals surface area (Å²) in [4.78, 5) is 21.3. The maximum absolute atomic E-state index is 12.9. The highest BCUT2D eigenvalue weighted by Gasteiger charge is 2.24. The van der Waals surface area contributed by atoms with Crippen LogP contribution in [0.15, 0.2) is 48.5 Å². The molecular formula is C25H31N4O2+. The van der Waals surface area contributed by atoms with Crippen molar-refractivity contribution in [3.05, 3.63) is 59.8 Å². The molecule has 1 fully saturated rings. The molecule has 162 valence electrons. The lowest BCUT2D eigenvalue weighted by Crippen LogP contribution is -3.15. The average molecular weight is 420 g/mol. The first-order valence-corrected chi connectivity index (χ1v) is 11.0. The number of carbonyl (C=O) groups is 1. The third kappa shape index (κ3) is 4.49. The molecular weight excluding hydrogens is 388 g/mol. The predicted octanol–water partition coefficient (Wildman–Crippen LogP) is 2.46. The number of anilines is 2. The van der Waals surface area contributed by atoms with E-state index < -0.39 is 0 Å². The molecule has 0 atom stereocenters. The Kier molecular flexibility index (Phi) is 6.37. The lowest BCUT2D eigenvalue weighted by molar-refractivity contribution is -0.892. The molecule has 0 bridgehead atoms. The van der Waals surface area contributed by atoms with Crippen LogP contribution >= 0.6 is 0 Å². The highest BCUT2D eigenvalue weighted by molar-refractivity contribution is 6.02. The first-order chi connectivity index (χ1) is 15.1. The van der Waals surface area contributed by atoms with Crippen molar-refractivity contribution in [2.24, 2.45) is 0 Å². The number of ether oxygens (including phenoxy) is 1. The fraction of sp³-hybridized carbons (Fsp3) is 0.360. The van der Waals surface area contributed by atoms with E-state index in [4.69, 9.17) is 9.72 Å². The lowest BCUT2D eigenvalue weighted by atomic mass is 10.1. The molecule has 3 aromatic rings. The SMILES string of the molecule is CCc1nc2ccccc2c(NC(=O)C[NH+]2CCN(c3ccccc3OC)CC2)c1C. The molecule has 1 aliphatic heterocycles. The number of rotatable bonds is 6. The number of amides is 1. The summed E-state index contributed by atoms with van der Waals surface area (Å²) in [7, 11) is 1.71. The van der Waals surface area contributed by atoms with Crippen LogP contribution in [0.4, 0.5) is 11.4 Å². The van der Waals surface area contributed by atoms with Crippen molar-refractivity contribution in [2.75, 3.05) is 50.1 Å². The summed E-state index contributed by atoms with van der Waals surface area (Å²) in [6.07, 6.45) is 0.843. The van der Waals surface area contributed by atoms with Crippen molar-refractivity contribution in [3.63, 3.8) is 0 Å². The highest BCUT2D eigenvalue weighted by atomic mass is 16.5. The number of carbonyl (C=O) groups excluding carboxylic acids is 1. The van der Waals surface area contributed by atoms with Crippen molar-refractivity contribution < 1.29 is 14.4 Å². The largest absolute Gasteiger partial charge is 0.495 e. The first-order valence-electron chi connectivity index (χ1n) is 11.0. The molecule has 1 amide bonds. The van der Waals surface area contributed by atoms with E-state index in [2.05, 4.69) is 23.2 Å². The second-order valence-electron chi connectivity index (χ2n) is 8.06. The zero-order chi connectivity index (χ0) is 21.8. The molecule has 0 aliphatic carbocycles. The Hall–Kier alpha value is -3.12. The van der Waals surface area contributed by atoms with Gasteiger partial charge in [-0.1, -0.05) is 37.3 Å². The van der Waals surface area contributed by atoms with Gasteiger partial charge >= 0.3 is 0 Å². The average Bonchev–Trinajstić information content (AvgIpc) is 2.81. The van der Waals surface area contributed by atoms with E-state index in [9.17, 15) is 4.79 Å². The second-order valence-corrected chi connectivity index (χ2v) is 8.06. The van der Waals surface area contributed by atoms with Gasteiger partial charge in [0.05, 0.1) is 50.2 Å². The molecule has 2 aromatic carbocycles. The van der Waals surface area contributed by atoms with Crippen molar-refractivity contribution >= 4 is 28.2 Å². The molecule has 6 nitrogen and oxygen atoms in total. The Bertz CT molecular complexity index is 1070. The summed E-state index contributed by atoms with van der Waals surface area (Å²) in [6, 6.07) is 16.1. The van der Waals surface area contributed by atoms with E-state index in [0.717, 1.165) is 71.9 Å². The topological polar surface area (TPSA) is 58.9 Å². The normalized spacial score (nSPS) is 14.6. The Morgan fingerprint density at radius 1 is 1.13 bits per heavy atom. The van der Waals surface area contributed by atoms with E-state index >= 15 is 0 Å². The van der Waals surface area contributed by atoms with Crippen LogP contribution in [0.3, 0.4) is 0 Å². The van der Waals surface area contributed by atoms with Gasteiger partial charge in [0, 0.05) is 11.1 Å². The summed E-state index contributed by atoms with van der Waals surface area (Å²) in [5.41, 5.74) is 5.05. The fourth-order valence-electron chi connectivity index (χ4n) is 4.41. The van der Waals surface area contributed by atoms with Crippen LogP contribution in [0.2, 0.25) is 0 Å². The zero-order valence-corrected chi connectivity index (χ0v) is 18.6. The van der Waals surface area contributed by atoms with Crippen molar-refractivity contribution in [1.29, 1.82) is 0 Å². The lowest BCUT2D eigenvalue weighted by Gasteiger charge is -2.34.